The standard InChI is InChI=1S/C20H26N4O4S/c1-4-23-11-17(18(25)16-8-5-12(2)21-19(16)23)20(26)22-13-9-14-6-7-15(10-13)24(14)29(3,27)28/h5,8,11,13-15H,4,6-7,9-10H2,1-3H3,(H,22,26). The largest absolute Gasteiger partial charge is 0.349 e. The molecule has 0 aromatic carbocycles. The Morgan fingerprint density at radius 3 is 2.48 bits per heavy atom. The SMILES string of the molecule is CCn1cc(C(=O)NC2CC3CCC(C2)N3S(C)(=O)=O)c(=O)c2ccc(C)nc21. The lowest BCUT2D eigenvalue weighted by Crippen LogP contribution is -2.52. The van der Waals surface area contributed by atoms with E-state index in [0.717, 1.165) is 18.5 Å². The first kappa shape index (κ1) is 20.0. The fourth-order valence-corrected chi connectivity index (χ4v) is 6.29. The highest BCUT2D eigenvalue weighted by atomic mass is 32.2. The van der Waals surface area contributed by atoms with Crippen molar-refractivity contribution in [2.75, 3.05) is 6.26 Å². The molecule has 0 saturated carbocycles. The van der Waals surface area contributed by atoms with Crippen LogP contribution in [0.25, 0.3) is 11.0 Å². The molecule has 4 heterocycles. The van der Waals surface area contributed by atoms with Gasteiger partial charge in [0.25, 0.3) is 5.91 Å². The van der Waals surface area contributed by atoms with Gasteiger partial charge in [-0.05, 0) is 51.7 Å². The van der Waals surface area contributed by atoms with Crippen LogP contribution in [-0.4, -0.2) is 52.6 Å². The molecule has 2 bridgehead atoms. The predicted octanol–water partition coefficient (Wildman–Crippen LogP) is 1.41. The summed E-state index contributed by atoms with van der Waals surface area (Å²) in [4.78, 5) is 30.3. The Hall–Kier alpha value is -2.26. The summed E-state index contributed by atoms with van der Waals surface area (Å²) in [6.07, 6.45) is 5.60. The van der Waals surface area contributed by atoms with E-state index in [9.17, 15) is 18.0 Å². The summed E-state index contributed by atoms with van der Waals surface area (Å²) in [7, 11) is -3.25. The molecule has 4 rings (SSSR count). The maximum Gasteiger partial charge on any atom is 0.256 e. The maximum absolute atomic E-state index is 12.9. The number of rotatable bonds is 4. The first-order chi connectivity index (χ1) is 13.7. The van der Waals surface area contributed by atoms with E-state index in [0.29, 0.717) is 30.4 Å². The Labute approximate surface area is 170 Å². The molecule has 2 unspecified atom stereocenters. The van der Waals surface area contributed by atoms with Crippen LogP contribution in [-0.2, 0) is 16.6 Å². The number of piperidine rings is 1. The molecule has 2 aromatic rings. The van der Waals surface area contributed by atoms with Crippen LogP contribution in [0, 0.1) is 6.92 Å². The molecule has 0 aliphatic carbocycles. The van der Waals surface area contributed by atoms with Crippen molar-refractivity contribution in [3.63, 3.8) is 0 Å². The van der Waals surface area contributed by atoms with Crippen LogP contribution in [0.5, 0.6) is 0 Å². The van der Waals surface area contributed by atoms with Gasteiger partial charge in [0.15, 0.2) is 0 Å². The first-order valence-electron chi connectivity index (χ1n) is 9.99. The molecule has 156 valence electrons. The zero-order chi connectivity index (χ0) is 20.9. The van der Waals surface area contributed by atoms with E-state index in [1.54, 1.807) is 22.6 Å². The average molecular weight is 419 g/mol. The van der Waals surface area contributed by atoms with Gasteiger partial charge in [0, 0.05) is 36.6 Å². The molecule has 1 N–H and O–H groups in total. The molecule has 2 aromatic heterocycles. The fraction of sp³-hybridized carbons (Fsp3) is 0.550. The minimum absolute atomic E-state index is 0.0786. The number of amides is 1. The van der Waals surface area contributed by atoms with Gasteiger partial charge in [-0.25, -0.2) is 13.4 Å². The molecule has 8 nitrogen and oxygen atoms in total. The Balaban J connectivity index is 1.60. The highest BCUT2D eigenvalue weighted by Gasteiger charge is 2.45. The summed E-state index contributed by atoms with van der Waals surface area (Å²) in [5.41, 5.74) is 1.16. The van der Waals surface area contributed by atoms with Crippen LogP contribution in [0.4, 0.5) is 0 Å². The summed E-state index contributed by atoms with van der Waals surface area (Å²) in [5.74, 6) is -0.406. The molecule has 2 saturated heterocycles. The molecular weight excluding hydrogens is 392 g/mol. The molecule has 2 aliphatic rings. The molecule has 0 radical (unpaired) electrons. The van der Waals surface area contributed by atoms with Gasteiger partial charge in [0.05, 0.1) is 11.6 Å². The highest BCUT2D eigenvalue weighted by Crippen LogP contribution is 2.37. The lowest BCUT2D eigenvalue weighted by Gasteiger charge is -2.37. The lowest BCUT2D eigenvalue weighted by molar-refractivity contribution is 0.0908. The summed E-state index contributed by atoms with van der Waals surface area (Å²) in [6, 6.07) is 3.19. The fourth-order valence-electron chi connectivity index (χ4n) is 4.82. The Bertz CT molecular complexity index is 1130. The van der Waals surface area contributed by atoms with Gasteiger partial charge in [-0.15, -0.1) is 0 Å². The van der Waals surface area contributed by atoms with Crippen LogP contribution in [0.1, 0.15) is 48.7 Å². The van der Waals surface area contributed by atoms with E-state index in [1.165, 1.54) is 6.26 Å². The minimum Gasteiger partial charge on any atom is -0.349 e. The molecule has 2 fully saturated rings. The molecule has 1 amide bonds. The van der Waals surface area contributed by atoms with Gasteiger partial charge in [-0.3, -0.25) is 9.59 Å². The van der Waals surface area contributed by atoms with Crippen molar-refractivity contribution in [1.29, 1.82) is 0 Å². The van der Waals surface area contributed by atoms with E-state index >= 15 is 0 Å². The third kappa shape index (κ3) is 3.57. The molecule has 9 heteroatoms. The van der Waals surface area contributed by atoms with Crippen LogP contribution in [0.3, 0.4) is 0 Å². The van der Waals surface area contributed by atoms with Crippen molar-refractivity contribution in [3.05, 3.63) is 39.8 Å². The number of aromatic nitrogens is 2. The number of hydrogen-bond acceptors (Lipinski definition) is 5. The molecule has 2 atom stereocenters. The Kier molecular flexibility index (Phi) is 4.98. The van der Waals surface area contributed by atoms with E-state index in [1.807, 2.05) is 18.4 Å². The maximum atomic E-state index is 12.9. The number of hydrogen-bond donors (Lipinski definition) is 1. The zero-order valence-electron chi connectivity index (χ0n) is 16.9. The van der Waals surface area contributed by atoms with Gasteiger partial charge < -0.3 is 9.88 Å². The highest BCUT2D eigenvalue weighted by molar-refractivity contribution is 7.88. The zero-order valence-corrected chi connectivity index (χ0v) is 17.7. The van der Waals surface area contributed by atoms with Gasteiger partial charge in [0.1, 0.15) is 11.2 Å². The molecule has 2 aliphatic heterocycles. The van der Waals surface area contributed by atoms with Crippen LogP contribution in [0.15, 0.2) is 23.1 Å². The van der Waals surface area contributed by atoms with Crippen molar-refractivity contribution >= 4 is 27.0 Å². The van der Waals surface area contributed by atoms with Gasteiger partial charge in [-0.1, -0.05) is 0 Å². The number of nitrogens with zero attached hydrogens (tertiary/aromatic N) is 3. The van der Waals surface area contributed by atoms with Crippen LogP contribution in [0.2, 0.25) is 0 Å². The summed E-state index contributed by atoms with van der Waals surface area (Å²) < 4.78 is 27.5. The van der Waals surface area contributed by atoms with Gasteiger partial charge in [-0.2, -0.15) is 4.31 Å². The topological polar surface area (TPSA) is 101 Å². The van der Waals surface area contributed by atoms with E-state index in [-0.39, 0.29) is 29.1 Å². The van der Waals surface area contributed by atoms with Crippen LogP contribution < -0.4 is 10.7 Å². The van der Waals surface area contributed by atoms with Crippen molar-refractivity contribution in [2.45, 2.75) is 64.2 Å². The van der Waals surface area contributed by atoms with Crippen molar-refractivity contribution < 1.29 is 13.2 Å². The average Bonchev–Trinajstić information content (AvgIpc) is 2.94. The summed E-state index contributed by atoms with van der Waals surface area (Å²) >= 11 is 0. The molecule has 0 spiro atoms. The minimum atomic E-state index is -3.25. The number of nitrogens with one attached hydrogen (secondary N) is 1. The number of carbonyl (C=O) groups excluding carboxylic acids is 1. The smallest absolute Gasteiger partial charge is 0.256 e. The number of aryl methyl sites for hydroxylation is 2. The Morgan fingerprint density at radius 1 is 1.24 bits per heavy atom. The lowest BCUT2D eigenvalue weighted by atomic mass is 9.99. The monoisotopic (exact) mass is 418 g/mol. The summed E-state index contributed by atoms with van der Waals surface area (Å²) in [5, 5.41) is 3.41. The first-order valence-corrected chi connectivity index (χ1v) is 11.8. The molecular formula is C20H26N4O4S. The van der Waals surface area contributed by atoms with E-state index < -0.39 is 15.9 Å². The quantitative estimate of drug-likeness (QED) is 0.809. The number of carbonyl (C=O) groups is 1. The molecule has 29 heavy (non-hydrogen) atoms. The predicted molar refractivity (Wildman–Crippen MR) is 110 cm³/mol. The van der Waals surface area contributed by atoms with Gasteiger partial charge >= 0.3 is 0 Å². The van der Waals surface area contributed by atoms with Crippen molar-refractivity contribution in [2.24, 2.45) is 0 Å². The Morgan fingerprint density at radius 2 is 1.90 bits per heavy atom. The second-order valence-corrected chi connectivity index (χ2v) is 9.99. The van der Waals surface area contributed by atoms with Crippen molar-refractivity contribution in [3.8, 4) is 0 Å². The second kappa shape index (κ2) is 7.21. The summed E-state index contributed by atoms with van der Waals surface area (Å²) in [6.45, 7) is 4.39. The normalized spacial score (nSPS) is 24.7. The van der Waals surface area contributed by atoms with Crippen molar-refractivity contribution in [1.82, 2.24) is 19.2 Å². The number of sulfonamides is 1. The number of fused-ring (bicyclic) bond motifs is 3. The van der Waals surface area contributed by atoms with E-state index in [2.05, 4.69) is 10.3 Å². The third-order valence-electron chi connectivity index (χ3n) is 6.03. The third-order valence-corrected chi connectivity index (χ3v) is 7.39. The van der Waals surface area contributed by atoms with Crippen LogP contribution >= 0.6 is 0 Å². The van der Waals surface area contributed by atoms with Gasteiger partial charge in [0.2, 0.25) is 15.5 Å². The van der Waals surface area contributed by atoms with E-state index in [4.69, 9.17) is 0 Å². The number of pyridine rings is 2. The second-order valence-electron chi connectivity index (χ2n) is 8.10.